The van der Waals surface area contributed by atoms with E-state index < -0.39 is 4.92 Å². The molecule has 0 saturated carbocycles. The quantitative estimate of drug-likeness (QED) is 0.629. The van der Waals surface area contributed by atoms with Crippen molar-refractivity contribution in [3.63, 3.8) is 0 Å². The van der Waals surface area contributed by atoms with E-state index in [0.29, 0.717) is 5.75 Å². The molecule has 7 nitrogen and oxygen atoms in total. The van der Waals surface area contributed by atoms with E-state index in [2.05, 4.69) is 5.32 Å². The third kappa shape index (κ3) is 4.44. The van der Waals surface area contributed by atoms with Crippen LogP contribution in [0.2, 0.25) is 0 Å². The molecule has 120 valence electrons. The number of aromatic hydroxyl groups is 1. The molecule has 0 aromatic heterocycles. The van der Waals surface area contributed by atoms with Crippen molar-refractivity contribution in [2.75, 3.05) is 6.61 Å². The summed E-state index contributed by atoms with van der Waals surface area (Å²) < 4.78 is 5.40. The summed E-state index contributed by atoms with van der Waals surface area (Å²) in [5.41, 5.74) is 1.03. The molecule has 2 N–H and O–H groups in total. The number of aryl methyl sites for hydroxylation is 1. The highest BCUT2D eigenvalue weighted by molar-refractivity contribution is 5.77. The lowest BCUT2D eigenvalue weighted by Gasteiger charge is -2.10. The van der Waals surface area contributed by atoms with E-state index in [1.807, 2.05) is 19.1 Å². The number of para-hydroxylation sites is 1. The van der Waals surface area contributed by atoms with E-state index in [4.69, 9.17) is 4.74 Å². The number of carbonyl (C=O) groups excluding carboxylic acids is 1. The summed E-state index contributed by atoms with van der Waals surface area (Å²) >= 11 is 0. The number of amides is 1. The van der Waals surface area contributed by atoms with Crippen molar-refractivity contribution < 1.29 is 19.6 Å². The largest absolute Gasteiger partial charge is 0.508 e. The lowest BCUT2D eigenvalue weighted by atomic mass is 10.2. The Hall–Kier alpha value is -3.09. The van der Waals surface area contributed by atoms with Gasteiger partial charge < -0.3 is 15.2 Å². The number of hydrogen-bond donors (Lipinski definition) is 2. The summed E-state index contributed by atoms with van der Waals surface area (Å²) in [5, 5.41) is 22.9. The Morgan fingerprint density at radius 2 is 2.04 bits per heavy atom. The maximum Gasteiger partial charge on any atom is 0.270 e. The lowest BCUT2D eigenvalue weighted by molar-refractivity contribution is -0.384. The molecule has 0 aliphatic heterocycles. The topological polar surface area (TPSA) is 102 Å². The molecule has 0 aliphatic rings. The van der Waals surface area contributed by atoms with E-state index in [-0.39, 0.29) is 36.1 Å². The first-order valence-corrected chi connectivity index (χ1v) is 6.89. The molecule has 0 fully saturated rings. The second-order valence-corrected chi connectivity index (χ2v) is 4.90. The van der Waals surface area contributed by atoms with E-state index >= 15 is 0 Å². The summed E-state index contributed by atoms with van der Waals surface area (Å²) in [7, 11) is 0. The fraction of sp³-hybridized carbons (Fsp3) is 0.188. The highest BCUT2D eigenvalue weighted by Crippen LogP contribution is 2.22. The Bertz CT molecular complexity index is 730. The molecule has 7 heteroatoms. The van der Waals surface area contributed by atoms with E-state index in [1.165, 1.54) is 18.2 Å². The number of hydrogen-bond acceptors (Lipinski definition) is 5. The second kappa shape index (κ2) is 7.26. The van der Waals surface area contributed by atoms with Gasteiger partial charge in [-0.3, -0.25) is 14.9 Å². The van der Waals surface area contributed by atoms with Crippen LogP contribution < -0.4 is 10.1 Å². The van der Waals surface area contributed by atoms with Crippen LogP contribution in [0, 0.1) is 17.0 Å². The first-order chi connectivity index (χ1) is 11.0. The molecule has 0 bridgehead atoms. The molecule has 0 atom stereocenters. The molecule has 0 spiro atoms. The van der Waals surface area contributed by atoms with Gasteiger partial charge in [0.25, 0.3) is 11.6 Å². The average Bonchev–Trinajstić information content (AvgIpc) is 2.53. The zero-order valence-corrected chi connectivity index (χ0v) is 12.5. The average molecular weight is 316 g/mol. The maximum absolute atomic E-state index is 11.8. The normalized spacial score (nSPS) is 10.1. The van der Waals surface area contributed by atoms with Gasteiger partial charge in [0.1, 0.15) is 11.5 Å². The van der Waals surface area contributed by atoms with Gasteiger partial charge in [-0.25, -0.2) is 0 Å². The van der Waals surface area contributed by atoms with Gasteiger partial charge in [-0.2, -0.15) is 0 Å². The Morgan fingerprint density at radius 3 is 2.74 bits per heavy atom. The molecule has 1 amide bonds. The smallest absolute Gasteiger partial charge is 0.270 e. The molecule has 0 radical (unpaired) electrons. The number of nitrogens with zero attached hydrogens (tertiary/aromatic N) is 1. The van der Waals surface area contributed by atoms with Crippen LogP contribution in [-0.4, -0.2) is 22.5 Å². The molecule has 2 rings (SSSR count). The van der Waals surface area contributed by atoms with Crippen molar-refractivity contribution in [2.45, 2.75) is 13.5 Å². The summed E-state index contributed by atoms with van der Waals surface area (Å²) in [6.45, 7) is 1.67. The van der Waals surface area contributed by atoms with Crippen LogP contribution in [-0.2, 0) is 11.3 Å². The minimum absolute atomic E-state index is 0.0243. The molecule has 2 aromatic rings. The number of ether oxygens (including phenoxy) is 1. The number of non-ortho nitro benzene ring substituents is 1. The summed E-state index contributed by atoms with van der Waals surface area (Å²) in [6.07, 6.45) is 0. The maximum atomic E-state index is 11.8. The van der Waals surface area contributed by atoms with Crippen LogP contribution >= 0.6 is 0 Å². The van der Waals surface area contributed by atoms with Crippen LogP contribution in [0.1, 0.15) is 11.1 Å². The number of benzene rings is 2. The zero-order chi connectivity index (χ0) is 16.8. The fourth-order valence-corrected chi connectivity index (χ4v) is 1.93. The van der Waals surface area contributed by atoms with Gasteiger partial charge in [0.15, 0.2) is 6.61 Å². The van der Waals surface area contributed by atoms with E-state index in [9.17, 15) is 20.0 Å². The molecule has 0 unspecified atom stereocenters. The van der Waals surface area contributed by atoms with Crippen molar-refractivity contribution in [2.24, 2.45) is 0 Å². The molecular weight excluding hydrogens is 300 g/mol. The van der Waals surface area contributed by atoms with Crippen molar-refractivity contribution in [3.05, 3.63) is 63.7 Å². The van der Waals surface area contributed by atoms with Gasteiger partial charge in [-0.05, 0) is 24.6 Å². The first kappa shape index (κ1) is 16.3. The van der Waals surface area contributed by atoms with Gasteiger partial charge in [0.2, 0.25) is 0 Å². The van der Waals surface area contributed by atoms with Gasteiger partial charge >= 0.3 is 0 Å². The summed E-state index contributed by atoms with van der Waals surface area (Å²) in [4.78, 5) is 21.9. The first-order valence-electron chi connectivity index (χ1n) is 6.89. The van der Waals surface area contributed by atoms with Gasteiger partial charge in [-0.15, -0.1) is 0 Å². The third-order valence-corrected chi connectivity index (χ3v) is 3.20. The lowest BCUT2D eigenvalue weighted by Crippen LogP contribution is -2.28. The molecular formula is C16H16N2O5. The van der Waals surface area contributed by atoms with Gasteiger partial charge in [0.05, 0.1) is 4.92 Å². The number of nitrogens with one attached hydrogen (secondary N) is 1. The highest BCUT2D eigenvalue weighted by Gasteiger charge is 2.11. The van der Waals surface area contributed by atoms with Crippen molar-refractivity contribution in [1.29, 1.82) is 0 Å². The third-order valence-electron chi connectivity index (χ3n) is 3.20. The van der Waals surface area contributed by atoms with Crippen LogP contribution in [0.25, 0.3) is 0 Å². The number of phenols is 1. The number of rotatable bonds is 6. The number of carbonyl (C=O) groups is 1. The van der Waals surface area contributed by atoms with E-state index in [0.717, 1.165) is 5.56 Å². The van der Waals surface area contributed by atoms with Crippen LogP contribution in [0.15, 0.2) is 42.5 Å². The van der Waals surface area contributed by atoms with Crippen molar-refractivity contribution >= 4 is 11.6 Å². The standard InChI is InChI=1S/C16H16N2O5/c1-11-4-2-3-5-15(11)23-10-16(20)17-9-12-8-13(18(21)22)6-7-14(12)19/h2-8,19H,9-10H2,1H3,(H,17,20). The SMILES string of the molecule is Cc1ccccc1OCC(=O)NCc1cc([N+](=O)[O-])ccc1O. The Morgan fingerprint density at radius 1 is 1.30 bits per heavy atom. The van der Waals surface area contributed by atoms with Crippen LogP contribution in [0.3, 0.4) is 0 Å². The number of nitro groups is 1. The molecule has 0 heterocycles. The molecule has 2 aromatic carbocycles. The predicted molar refractivity (Wildman–Crippen MR) is 83.3 cm³/mol. The Balaban J connectivity index is 1.91. The molecule has 23 heavy (non-hydrogen) atoms. The fourth-order valence-electron chi connectivity index (χ4n) is 1.93. The van der Waals surface area contributed by atoms with Crippen molar-refractivity contribution in [3.8, 4) is 11.5 Å². The number of phenolic OH excluding ortho intramolecular Hbond substituents is 1. The summed E-state index contributed by atoms with van der Waals surface area (Å²) in [6, 6.07) is 10.9. The zero-order valence-electron chi connectivity index (χ0n) is 12.5. The van der Waals surface area contributed by atoms with Crippen LogP contribution in [0.4, 0.5) is 5.69 Å². The Kier molecular flexibility index (Phi) is 5.14. The second-order valence-electron chi connectivity index (χ2n) is 4.90. The predicted octanol–water partition coefficient (Wildman–Crippen LogP) is 2.30. The Labute approximate surface area is 132 Å². The minimum atomic E-state index is -0.563. The minimum Gasteiger partial charge on any atom is -0.508 e. The molecule has 0 saturated heterocycles. The van der Waals surface area contributed by atoms with Gasteiger partial charge in [0, 0.05) is 24.2 Å². The number of nitro benzene ring substituents is 1. The van der Waals surface area contributed by atoms with Gasteiger partial charge in [-0.1, -0.05) is 18.2 Å². The summed E-state index contributed by atoms with van der Waals surface area (Å²) in [5.74, 6) is 0.107. The highest BCUT2D eigenvalue weighted by atomic mass is 16.6. The van der Waals surface area contributed by atoms with Crippen LogP contribution in [0.5, 0.6) is 11.5 Å². The monoisotopic (exact) mass is 316 g/mol. The van der Waals surface area contributed by atoms with Crippen molar-refractivity contribution in [1.82, 2.24) is 5.32 Å². The van der Waals surface area contributed by atoms with E-state index in [1.54, 1.807) is 12.1 Å². The molecule has 0 aliphatic carbocycles.